The van der Waals surface area contributed by atoms with Gasteiger partial charge in [-0.2, -0.15) is 5.26 Å². The highest BCUT2D eigenvalue weighted by Crippen LogP contribution is 2.51. The fraction of sp³-hybridized carbons (Fsp3) is 0.148. The predicted octanol–water partition coefficient (Wildman–Crippen LogP) is 4.83. The molecule has 0 radical (unpaired) electrons. The lowest BCUT2D eigenvalue weighted by Crippen LogP contribution is -2.39. The van der Waals surface area contributed by atoms with E-state index in [0.29, 0.717) is 16.8 Å². The molecule has 2 aliphatic rings. The molecule has 3 aromatic rings. The predicted molar refractivity (Wildman–Crippen MR) is 131 cm³/mol. The molecule has 0 saturated heterocycles. The highest BCUT2D eigenvalue weighted by atomic mass is 32.2. The number of hydrogen-bond acceptors (Lipinski definition) is 5. The number of nitrogens with zero attached hydrogens (tertiary/aromatic N) is 2. The summed E-state index contributed by atoms with van der Waals surface area (Å²) in [5.74, 6) is -0.763. The summed E-state index contributed by atoms with van der Waals surface area (Å²) in [5, 5.41) is 9.97. The van der Waals surface area contributed by atoms with Gasteiger partial charge in [-0.25, -0.2) is 8.42 Å². The first-order valence-electron chi connectivity index (χ1n) is 10.9. The van der Waals surface area contributed by atoms with Crippen LogP contribution in [-0.2, 0) is 21.3 Å². The van der Waals surface area contributed by atoms with Crippen molar-refractivity contribution in [2.75, 3.05) is 4.31 Å². The van der Waals surface area contributed by atoms with Crippen LogP contribution in [0.5, 0.6) is 0 Å². The van der Waals surface area contributed by atoms with Gasteiger partial charge in [0.25, 0.3) is 10.0 Å². The number of nitrogens with two attached hydrogens (primary N) is 1. The normalized spacial score (nSPS) is 18.6. The van der Waals surface area contributed by atoms with Crippen molar-refractivity contribution in [3.63, 3.8) is 0 Å². The standard InChI is InChI=1S/C27H23N3O3S/c1-17-11-13-19(14-12-17)16-30-23-10-6-5-9-21(23)25-26(34(30,31)32)24(22(15-28)27(29)33-25)20-8-4-3-7-18(20)2/h3-14,24H,16,29H2,1-2H3. The van der Waals surface area contributed by atoms with E-state index in [1.165, 1.54) is 4.31 Å². The van der Waals surface area contributed by atoms with E-state index in [9.17, 15) is 13.7 Å². The molecule has 0 aliphatic carbocycles. The third-order valence-corrected chi connectivity index (χ3v) is 8.19. The molecule has 170 valence electrons. The van der Waals surface area contributed by atoms with Gasteiger partial charge in [0, 0.05) is 5.56 Å². The maximum atomic E-state index is 14.3. The molecular formula is C27H23N3O3S. The van der Waals surface area contributed by atoms with Crippen LogP contribution >= 0.6 is 0 Å². The van der Waals surface area contributed by atoms with Crippen molar-refractivity contribution >= 4 is 21.5 Å². The number of fused-ring (bicyclic) bond motifs is 2. The Morgan fingerprint density at radius 3 is 2.38 bits per heavy atom. The lowest BCUT2D eigenvalue weighted by molar-refractivity contribution is 0.357. The molecule has 7 heteroatoms. The van der Waals surface area contributed by atoms with Crippen molar-refractivity contribution in [2.45, 2.75) is 26.3 Å². The number of anilines is 1. The monoisotopic (exact) mass is 469 g/mol. The fourth-order valence-electron chi connectivity index (χ4n) is 4.56. The SMILES string of the molecule is Cc1ccc(CN2c3ccccc3C3=C(C(c4ccccc4C)C(C#N)=C(N)O3)S2(=O)=O)cc1. The van der Waals surface area contributed by atoms with E-state index in [-0.39, 0.29) is 28.7 Å². The van der Waals surface area contributed by atoms with Crippen LogP contribution in [0.25, 0.3) is 5.76 Å². The van der Waals surface area contributed by atoms with Gasteiger partial charge in [-0.1, -0.05) is 66.2 Å². The molecule has 0 bridgehead atoms. The average molecular weight is 470 g/mol. The van der Waals surface area contributed by atoms with Crippen molar-refractivity contribution in [1.29, 1.82) is 5.26 Å². The van der Waals surface area contributed by atoms with Gasteiger partial charge in [-0.3, -0.25) is 4.31 Å². The third kappa shape index (κ3) is 3.35. The zero-order valence-corrected chi connectivity index (χ0v) is 19.6. The topological polar surface area (TPSA) is 96.4 Å². The Morgan fingerprint density at radius 2 is 1.68 bits per heavy atom. The lowest BCUT2D eigenvalue weighted by Gasteiger charge is -2.38. The van der Waals surface area contributed by atoms with Crippen LogP contribution in [0.2, 0.25) is 0 Å². The lowest BCUT2D eigenvalue weighted by atomic mass is 9.86. The van der Waals surface area contributed by atoms with Gasteiger partial charge in [0.15, 0.2) is 5.76 Å². The number of nitriles is 1. The first-order valence-corrected chi connectivity index (χ1v) is 12.3. The minimum Gasteiger partial charge on any atom is -0.439 e. The number of benzene rings is 3. The molecular weight excluding hydrogens is 446 g/mol. The summed E-state index contributed by atoms with van der Waals surface area (Å²) in [7, 11) is -4.08. The van der Waals surface area contributed by atoms with Crippen LogP contribution in [-0.4, -0.2) is 8.42 Å². The second kappa shape index (κ2) is 8.08. The summed E-state index contributed by atoms with van der Waals surface area (Å²) in [4.78, 5) is 0.0401. The summed E-state index contributed by atoms with van der Waals surface area (Å²) < 4.78 is 35.8. The minimum atomic E-state index is -4.08. The van der Waals surface area contributed by atoms with Crippen LogP contribution in [0, 0.1) is 25.2 Å². The Morgan fingerprint density at radius 1 is 1.00 bits per heavy atom. The van der Waals surface area contributed by atoms with E-state index < -0.39 is 15.9 Å². The van der Waals surface area contributed by atoms with Gasteiger partial charge in [-0.05, 0) is 42.7 Å². The summed E-state index contributed by atoms with van der Waals surface area (Å²) >= 11 is 0. The molecule has 0 saturated carbocycles. The molecule has 0 aromatic heterocycles. The average Bonchev–Trinajstić information content (AvgIpc) is 2.82. The van der Waals surface area contributed by atoms with Crippen LogP contribution in [0.1, 0.15) is 33.7 Å². The first-order chi connectivity index (χ1) is 16.3. The quantitative estimate of drug-likeness (QED) is 0.593. The van der Waals surface area contributed by atoms with Gasteiger partial charge in [0.2, 0.25) is 5.88 Å². The molecule has 0 amide bonds. The number of aryl methyl sites for hydroxylation is 2. The highest BCUT2D eigenvalue weighted by molar-refractivity contribution is 7.96. The van der Waals surface area contributed by atoms with E-state index in [1.54, 1.807) is 12.1 Å². The molecule has 1 atom stereocenters. The number of hydrogen-bond donors (Lipinski definition) is 1. The minimum absolute atomic E-state index is 0.0401. The van der Waals surface area contributed by atoms with Crippen LogP contribution in [0.15, 0.2) is 89.2 Å². The van der Waals surface area contributed by atoms with Crippen LogP contribution in [0.4, 0.5) is 5.69 Å². The molecule has 3 aromatic carbocycles. The second-order valence-corrected chi connectivity index (χ2v) is 10.3. The van der Waals surface area contributed by atoms with Crippen molar-refractivity contribution in [3.8, 4) is 6.07 Å². The summed E-state index contributed by atoms with van der Waals surface area (Å²) in [6.07, 6.45) is 0. The third-order valence-electron chi connectivity index (χ3n) is 6.30. The zero-order valence-electron chi connectivity index (χ0n) is 18.8. The van der Waals surface area contributed by atoms with E-state index in [1.807, 2.05) is 74.5 Å². The van der Waals surface area contributed by atoms with E-state index in [2.05, 4.69) is 6.07 Å². The van der Waals surface area contributed by atoms with Gasteiger partial charge in [0.1, 0.15) is 16.5 Å². The molecule has 5 rings (SSSR count). The van der Waals surface area contributed by atoms with Gasteiger partial charge in [0.05, 0.1) is 18.2 Å². The number of ether oxygens (including phenoxy) is 1. The molecule has 0 fully saturated rings. The highest BCUT2D eigenvalue weighted by Gasteiger charge is 2.47. The van der Waals surface area contributed by atoms with Crippen LogP contribution < -0.4 is 10.0 Å². The van der Waals surface area contributed by atoms with Crippen molar-refractivity contribution in [2.24, 2.45) is 5.73 Å². The zero-order chi connectivity index (χ0) is 24.0. The Bertz CT molecular complexity index is 1510. The summed E-state index contributed by atoms with van der Waals surface area (Å²) in [5.41, 5.74) is 10.9. The maximum Gasteiger partial charge on any atom is 0.265 e. The molecule has 1 unspecified atom stereocenters. The Balaban J connectivity index is 1.77. The molecule has 2 N–H and O–H groups in total. The van der Waals surface area contributed by atoms with E-state index in [4.69, 9.17) is 10.5 Å². The molecule has 6 nitrogen and oxygen atoms in total. The second-order valence-electron chi connectivity index (χ2n) is 8.49. The van der Waals surface area contributed by atoms with Gasteiger partial charge in [-0.15, -0.1) is 0 Å². The molecule has 0 spiro atoms. The van der Waals surface area contributed by atoms with Crippen molar-refractivity contribution < 1.29 is 13.2 Å². The Kier molecular flexibility index (Phi) is 5.18. The first kappa shape index (κ1) is 21.8. The van der Waals surface area contributed by atoms with E-state index >= 15 is 0 Å². The number of sulfonamides is 1. The van der Waals surface area contributed by atoms with Gasteiger partial charge >= 0.3 is 0 Å². The van der Waals surface area contributed by atoms with Gasteiger partial charge < -0.3 is 10.5 Å². The number of para-hydroxylation sites is 1. The molecule has 2 heterocycles. The van der Waals surface area contributed by atoms with Crippen LogP contribution in [0.3, 0.4) is 0 Å². The van der Waals surface area contributed by atoms with E-state index in [0.717, 1.165) is 16.7 Å². The van der Waals surface area contributed by atoms with Crippen molar-refractivity contribution in [3.05, 3.63) is 117 Å². The Hall–Kier alpha value is -4.02. The molecule has 34 heavy (non-hydrogen) atoms. The Labute approximate surface area is 199 Å². The number of allylic oxidation sites excluding steroid dienone is 2. The number of rotatable bonds is 3. The largest absolute Gasteiger partial charge is 0.439 e. The molecule has 2 aliphatic heterocycles. The summed E-state index contributed by atoms with van der Waals surface area (Å²) in [6, 6.07) is 24.5. The summed E-state index contributed by atoms with van der Waals surface area (Å²) in [6.45, 7) is 4.03. The maximum absolute atomic E-state index is 14.3. The fourth-order valence-corrected chi connectivity index (χ4v) is 6.46. The van der Waals surface area contributed by atoms with Crippen molar-refractivity contribution in [1.82, 2.24) is 0 Å². The smallest absolute Gasteiger partial charge is 0.265 e.